The van der Waals surface area contributed by atoms with E-state index in [9.17, 15) is 14.4 Å². The molecule has 0 radical (unpaired) electrons. The number of hydrogen-bond donors (Lipinski definition) is 3. The number of nitrogens with one attached hydrogen (secondary N) is 2. The van der Waals surface area contributed by atoms with Gasteiger partial charge in [0, 0.05) is 19.2 Å². The summed E-state index contributed by atoms with van der Waals surface area (Å²) in [5.74, 6) is -1.60. The topological polar surface area (TPSA) is 95.5 Å². The summed E-state index contributed by atoms with van der Waals surface area (Å²) in [6, 6.07) is 8.65. The normalized spacial score (nSPS) is 11.5. The summed E-state index contributed by atoms with van der Waals surface area (Å²) in [7, 11) is 0. The molecule has 6 nitrogen and oxygen atoms in total. The van der Waals surface area contributed by atoms with E-state index >= 15 is 0 Å². The number of thioether (sulfide) groups is 1. The van der Waals surface area contributed by atoms with Crippen molar-refractivity contribution >= 4 is 28.9 Å². The number of carboxylic acids is 1. The SMILES string of the molecule is CC(=O)N[C@@H](CSC(=O)NCCc1ccccc1)C(=O)O. The minimum Gasteiger partial charge on any atom is -0.480 e. The lowest BCUT2D eigenvalue weighted by Gasteiger charge is -2.12. The van der Waals surface area contributed by atoms with Crippen LogP contribution in [0.15, 0.2) is 30.3 Å². The largest absolute Gasteiger partial charge is 0.480 e. The van der Waals surface area contributed by atoms with Gasteiger partial charge in [-0.3, -0.25) is 9.59 Å². The van der Waals surface area contributed by atoms with Crippen molar-refractivity contribution in [3.8, 4) is 0 Å². The zero-order valence-electron chi connectivity index (χ0n) is 11.7. The van der Waals surface area contributed by atoms with Gasteiger partial charge in [-0.15, -0.1) is 0 Å². The molecule has 0 saturated heterocycles. The Morgan fingerprint density at radius 2 is 1.90 bits per heavy atom. The number of carbonyl (C=O) groups is 3. The summed E-state index contributed by atoms with van der Waals surface area (Å²) in [6.07, 6.45) is 0.710. The Morgan fingerprint density at radius 3 is 2.48 bits per heavy atom. The molecule has 0 saturated carbocycles. The number of aliphatic carboxylic acids is 1. The first kappa shape index (κ1) is 17.0. The van der Waals surface area contributed by atoms with Crippen LogP contribution in [0.5, 0.6) is 0 Å². The molecule has 1 atom stereocenters. The molecule has 0 spiro atoms. The van der Waals surface area contributed by atoms with Gasteiger partial charge in [-0.25, -0.2) is 4.79 Å². The van der Waals surface area contributed by atoms with Crippen LogP contribution in [0.4, 0.5) is 4.79 Å². The number of benzene rings is 1. The fourth-order valence-electron chi connectivity index (χ4n) is 1.58. The monoisotopic (exact) mass is 310 g/mol. The lowest BCUT2D eigenvalue weighted by atomic mass is 10.2. The summed E-state index contributed by atoms with van der Waals surface area (Å²) < 4.78 is 0. The van der Waals surface area contributed by atoms with E-state index in [2.05, 4.69) is 10.6 Å². The highest BCUT2D eigenvalue weighted by atomic mass is 32.2. The molecule has 1 rings (SSSR count). The molecule has 0 aliphatic heterocycles. The standard InChI is InChI=1S/C14H18N2O4S/c1-10(17)16-12(13(18)19)9-21-14(20)15-8-7-11-5-3-2-4-6-11/h2-6,12H,7-9H2,1H3,(H,15,20)(H,16,17)(H,18,19)/t12-/m0/s1. The summed E-state index contributed by atoms with van der Waals surface area (Å²) >= 11 is 0.844. The van der Waals surface area contributed by atoms with E-state index in [1.54, 1.807) is 0 Å². The number of carboxylic acid groups (broad SMARTS) is 1. The fourth-order valence-corrected chi connectivity index (χ4v) is 2.33. The fraction of sp³-hybridized carbons (Fsp3) is 0.357. The van der Waals surface area contributed by atoms with Gasteiger partial charge in [-0.1, -0.05) is 42.1 Å². The van der Waals surface area contributed by atoms with Gasteiger partial charge in [0.25, 0.3) is 5.24 Å². The van der Waals surface area contributed by atoms with Gasteiger partial charge in [0.05, 0.1) is 0 Å². The summed E-state index contributed by atoms with van der Waals surface area (Å²) in [5.41, 5.74) is 1.12. The van der Waals surface area contributed by atoms with Gasteiger partial charge in [-0.05, 0) is 12.0 Å². The van der Waals surface area contributed by atoms with Gasteiger partial charge in [-0.2, -0.15) is 0 Å². The van der Waals surface area contributed by atoms with Gasteiger partial charge in [0.15, 0.2) is 0 Å². The van der Waals surface area contributed by atoms with E-state index in [1.165, 1.54) is 6.92 Å². The van der Waals surface area contributed by atoms with E-state index in [0.29, 0.717) is 13.0 Å². The van der Waals surface area contributed by atoms with Crippen molar-refractivity contribution in [3.63, 3.8) is 0 Å². The van der Waals surface area contributed by atoms with Crippen LogP contribution in [0.25, 0.3) is 0 Å². The zero-order valence-corrected chi connectivity index (χ0v) is 12.5. The summed E-state index contributed by atoms with van der Waals surface area (Å²) in [5, 5.41) is 13.6. The smallest absolute Gasteiger partial charge is 0.327 e. The molecule has 1 aromatic carbocycles. The molecular formula is C14H18N2O4S. The number of rotatable bonds is 7. The Morgan fingerprint density at radius 1 is 1.24 bits per heavy atom. The lowest BCUT2D eigenvalue weighted by molar-refractivity contribution is -0.140. The van der Waals surface area contributed by atoms with Crippen LogP contribution in [-0.2, 0) is 16.0 Å². The molecule has 0 aliphatic rings. The van der Waals surface area contributed by atoms with Gasteiger partial charge in [0.2, 0.25) is 5.91 Å². The van der Waals surface area contributed by atoms with Crippen LogP contribution in [0, 0.1) is 0 Å². The van der Waals surface area contributed by atoms with Crippen LogP contribution in [0.1, 0.15) is 12.5 Å². The van der Waals surface area contributed by atoms with Crippen molar-refractivity contribution in [2.24, 2.45) is 0 Å². The van der Waals surface area contributed by atoms with Crippen LogP contribution in [0.3, 0.4) is 0 Å². The zero-order chi connectivity index (χ0) is 15.7. The Kier molecular flexibility index (Phi) is 7.31. The molecular weight excluding hydrogens is 292 g/mol. The molecule has 0 aliphatic carbocycles. The maximum absolute atomic E-state index is 11.6. The number of amides is 2. The first-order valence-electron chi connectivity index (χ1n) is 6.43. The van der Waals surface area contributed by atoms with Crippen LogP contribution in [-0.4, -0.2) is 40.6 Å². The third kappa shape index (κ3) is 7.36. The highest BCUT2D eigenvalue weighted by Crippen LogP contribution is 2.05. The molecule has 0 aromatic heterocycles. The minimum absolute atomic E-state index is 0.00785. The summed E-state index contributed by atoms with van der Waals surface area (Å²) in [6.45, 7) is 1.72. The Balaban J connectivity index is 2.26. The van der Waals surface area contributed by atoms with Crippen molar-refractivity contribution in [1.29, 1.82) is 0 Å². The summed E-state index contributed by atoms with van der Waals surface area (Å²) in [4.78, 5) is 33.3. The third-order valence-corrected chi connectivity index (χ3v) is 3.49. The molecule has 0 bridgehead atoms. The first-order valence-corrected chi connectivity index (χ1v) is 7.42. The predicted octanol–water partition coefficient (Wildman–Crippen LogP) is 1.26. The molecule has 1 aromatic rings. The molecule has 114 valence electrons. The lowest BCUT2D eigenvalue weighted by Crippen LogP contribution is -2.42. The molecule has 3 N–H and O–H groups in total. The van der Waals surface area contributed by atoms with Crippen LogP contribution >= 0.6 is 11.8 Å². The van der Waals surface area contributed by atoms with Crippen LogP contribution < -0.4 is 10.6 Å². The second kappa shape index (κ2) is 9.02. The van der Waals surface area contributed by atoms with Crippen molar-refractivity contribution in [2.45, 2.75) is 19.4 Å². The average Bonchev–Trinajstić information content (AvgIpc) is 2.44. The van der Waals surface area contributed by atoms with E-state index in [-0.39, 0.29) is 11.0 Å². The maximum Gasteiger partial charge on any atom is 0.327 e. The first-order chi connectivity index (χ1) is 9.99. The van der Waals surface area contributed by atoms with Crippen molar-refractivity contribution in [1.82, 2.24) is 10.6 Å². The van der Waals surface area contributed by atoms with Crippen molar-refractivity contribution < 1.29 is 19.5 Å². The van der Waals surface area contributed by atoms with Crippen LogP contribution in [0.2, 0.25) is 0 Å². The maximum atomic E-state index is 11.6. The second-order valence-corrected chi connectivity index (χ2v) is 5.34. The molecule has 0 heterocycles. The van der Waals surface area contributed by atoms with E-state index in [1.807, 2.05) is 30.3 Å². The molecule has 0 fully saturated rings. The highest BCUT2D eigenvalue weighted by molar-refractivity contribution is 8.13. The molecule has 2 amide bonds. The quantitative estimate of drug-likeness (QED) is 0.705. The number of hydrogen-bond acceptors (Lipinski definition) is 4. The molecule has 21 heavy (non-hydrogen) atoms. The predicted molar refractivity (Wildman–Crippen MR) is 81.2 cm³/mol. The Bertz CT molecular complexity index is 493. The second-order valence-electron chi connectivity index (χ2n) is 4.35. The average molecular weight is 310 g/mol. The van der Waals surface area contributed by atoms with Gasteiger partial charge < -0.3 is 15.7 Å². The van der Waals surface area contributed by atoms with Crippen molar-refractivity contribution in [2.75, 3.05) is 12.3 Å². The van der Waals surface area contributed by atoms with Gasteiger partial charge in [0.1, 0.15) is 6.04 Å². The molecule has 0 unspecified atom stereocenters. The molecule has 7 heteroatoms. The highest BCUT2D eigenvalue weighted by Gasteiger charge is 2.19. The van der Waals surface area contributed by atoms with Crippen molar-refractivity contribution in [3.05, 3.63) is 35.9 Å². The van der Waals surface area contributed by atoms with E-state index in [0.717, 1.165) is 17.3 Å². The van der Waals surface area contributed by atoms with E-state index < -0.39 is 17.9 Å². The third-order valence-electron chi connectivity index (χ3n) is 2.58. The Labute approximate surface area is 127 Å². The van der Waals surface area contributed by atoms with E-state index in [4.69, 9.17) is 5.11 Å². The number of carbonyl (C=O) groups excluding carboxylic acids is 2. The minimum atomic E-state index is -1.16. The Hall–Kier alpha value is -2.02. The van der Waals surface area contributed by atoms with Gasteiger partial charge >= 0.3 is 5.97 Å².